The molecule has 1 heterocycles. The van der Waals surface area contributed by atoms with E-state index in [2.05, 4.69) is 4.98 Å². The SMILES string of the molecule is COc1ccc(-c2cc([N+](=O)[O-])ccc2OCc2csc(-c3ccc(F)cc3)n2)cc1. The van der Waals surface area contributed by atoms with Gasteiger partial charge in [0.25, 0.3) is 5.69 Å². The Morgan fingerprint density at radius 2 is 1.74 bits per heavy atom. The van der Waals surface area contributed by atoms with Crippen LogP contribution in [0.2, 0.25) is 0 Å². The van der Waals surface area contributed by atoms with Crippen molar-refractivity contribution in [3.63, 3.8) is 0 Å². The zero-order valence-corrected chi connectivity index (χ0v) is 17.3. The topological polar surface area (TPSA) is 74.5 Å². The molecule has 6 nitrogen and oxygen atoms in total. The van der Waals surface area contributed by atoms with E-state index in [1.165, 1.54) is 35.6 Å². The average Bonchev–Trinajstić information content (AvgIpc) is 3.27. The van der Waals surface area contributed by atoms with Crippen LogP contribution >= 0.6 is 11.3 Å². The van der Waals surface area contributed by atoms with E-state index < -0.39 is 4.92 Å². The van der Waals surface area contributed by atoms with E-state index in [-0.39, 0.29) is 18.1 Å². The molecule has 0 bridgehead atoms. The van der Waals surface area contributed by atoms with Crippen LogP contribution in [0.4, 0.5) is 10.1 Å². The molecular formula is C23H17FN2O4S. The smallest absolute Gasteiger partial charge is 0.270 e. The van der Waals surface area contributed by atoms with Crippen LogP contribution in [0.3, 0.4) is 0 Å². The molecule has 0 saturated heterocycles. The molecule has 156 valence electrons. The standard InChI is InChI=1S/C23H17FN2O4S/c1-29-20-9-4-15(5-10-20)21-12-19(26(27)28)8-11-22(21)30-13-18-14-31-23(25-18)16-2-6-17(24)7-3-16/h2-12,14H,13H2,1H3. The summed E-state index contributed by atoms with van der Waals surface area (Å²) in [4.78, 5) is 15.4. The third-order valence-corrected chi connectivity index (χ3v) is 5.53. The average molecular weight is 436 g/mol. The van der Waals surface area contributed by atoms with Gasteiger partial charge in [0, 0.05) is 28.6 Å². The van der Waals surface area contributed by atoms with Crippen molar-refractivity contribution < 1.29 is 18.8 Å². The number of thiazole rings is 1. The summed E-state index contributed by atoms with van der Waals surface area (Å²) in [6.07, 6.45) is 0. The lowest BCUT2D eigenvalue weighted by Crippen LogP contribution is -1.99. The Balaban J connectivity index is 1.58. The fourth-order valence-corrected chi connectivity index (χ4v) is 3.81. The van der Waals surface area contributed by atoms with E-state index in [0.29, 0.717) is 22.8 Å². The number of hydrogen-bond acceptors (Lipinski definition) is 6. The molecule has 3 aromatic carbocycles. The largest absolute Gasteiger partial charge is 0.497 e. The van der Waals surface area contributed by atoms with Gasteiger partial charge in [0.1, 0.15) is 28.9 Å². The molecule has 0 radical (unpaired) electrons. The minimum Gasteiger partial charge on any atom is -0.497 e. The summed E-state index contributed by atoms with van der Waals surface area (Å²) in [7, 11) is 1.57. The Hall–Kier alpha value is -3.78. The Kier molecular flexibility index (Phi) is 5.90. The third kappa shape index (κ3) is 4.70. The summed E-state index contributed by atoms with van der Waals surface area (Å²) < 4.78 is 24.3. The molecule has 0 fully saturated rings. The number of nitro groups is 1. The van der Waals surface area contributed by atoms with E-state index in [1.54, 1.807) is 37.4 Å². The molecule has 0 atom stereocenters. The number of methoxy groups -OCH3 is 1. The molecular weight excluding hydrogens is 419 g/mol. The summed E-state index contributed by atoms with van der Waals surface area (Å²) in [5.41, 5.74) is 2.89. The Morgan fingerprint density at radius 1 is 1.03 bits per heavy atom. The third-order valence-electron chi connectivity index (χ3n) is 4.59. The van der Waals surface area contributed by atoms with Crippen LogP contribution < -0.4 is 9.47 Å². The van der Waals surface area contributed by atoms with E-state index in [9.17, 15) is 14.5 Å². The maximum Gasteiger partial charge on any atom is 0.270 e. The van der Waals surface area contributed by atoms with Gasteiger partial charge in [0.15, 0.2) is 0 Å². The molecule has 0 unspecified atom stereocenters. The summed E-state index contributed by atoms with van der Waals surface area (Å²) in [5.74, 6) is 0.896. The number of nitro benzene ring substituents is 1. The number of non-ortho nitro benzene ring substituents is 1. The van der Waals surface area contributed by atoms with Crippen LogP contribution in [0.1, 0.15) is 5.69 Å². The summed E-state index contributed by atoms with van der Waals surface area (Å²) >= 11 is 1.44. The lowest BCUT2D eigenvalue weighted by atomic mass is 10.0. The maximum atomic E-state index is 13.1. The second-order valence-corrected chi connectivity index (χ2v) is 7.46. The molecule has 0 amide bonds. The van der Waals surface area contributed by atoms with Gasteiger partial charge >= 0.3 is 0 Å². The maximum absolute atomic E-state index is 13.1. The molecule has 31 heavy (non-hydrogen) atoms. The quantitative estimate of drug-likeness (QED) is 0.258. The van der Waals surface area contributed by atoms with Gasteiger partial charge in [-0.2, -0.15) is 0 Å². The van der Waals surface area contributed by atoms with Crippen molar-refractivity contribution in [2.45, 2.75) is 6.61 Å². The fourth-order valence-electron chi connectivity index (χ4n) is 3.00. The van der Waals surface area contributed by atoms with E-state index in [1.807, 2.05) is 17.5 Å². The van der Waals surface area contributed by atoms with Crippen LogP contribution in [0, 0.1) is 15.9 Å². The van der Waals surface area contributed by atoms with Crippen LogP contribution in [0.5, 0.6) is 11.5 Å². The van der Waals surface area contributed by atoms with Crippen LogP contribution in [-0.2, 0) is 6.61 Å². The molecule has 0 spiro atoms. The second-order valence-electron chi connectivity index (χ2n) is 6.61. The molecule has 0 aliphatic rings. The van der Waals surface area contributed by atoms with Crippen molar-refractivity contribution in [1.82, 2.24) is 4.98 Å². The first-order valence-corrected chi connectivity index (χ1v) is 10.2. The first-order valence-electron chi connectivity index (χ1n) is 9.29. The van der Waals surface area contributed by atoms with Crippen molar-refractivity contribution in [2.75, 3.05) is 7.11 Å². The minimum absolute atomic E-state index is 0.0228. The van der Waals surface area contributed by atoms with Crippen LogP contribution in [-0.4, -0.2) is 17.0 Å². The molecule has 1 aromatic heterocycles. The normalized spacial score (nSPS) is 10.6. The fraction of sp³-hybridized carbons (Fsp3) is 0.0870. The zero-order chi connectivity index (χ0) is 21.8. The molecule has 4 aromatic rings. The highest BCUT2D eigenvalue weighted by Crippen LogP contribution is 2.35. The first-order chi connectivity index (χ1) is 15.0. The predicted octanol–water partition coefficient (Wildman–Crippen LogP) is 6.11. The van der Waals surface area contributed by atoms with Crippen molar-refractivity contribution in [1.29, 1.82) is 0 Å². The highest BCUT2D eigenvalue weighted by atomic mass is 32.1. The highest BCUT2D eigenvalue weighted by Gasteiger charge is 2.15. The van der Waals surface area contributed by atoms with Crippen molar-refractivity contribution in [3.05, 3.63) is 93.7 Å². The second kappa shape index (κ2) is 8.93. The molecule has 4 rings (SSSR count). The minimum atomic E-state index is -0.438. The predicted molar refractivity (Wildman–Crippen MR) is 117 cm³/mol. The highest BCUT2D eigenvalue weighted by molar-refractivity contribution is 7.13. The monoisotopic (exact) mass is 436 g/mol. The number of hydrogen-bond donors (Lipinski definition) is 0. The van der Waals surface area contributed by atoms with Crippen LogP contribution in [0.25, 0.3) is 21.7 Å². The molecule has 0 saturated carbocycles. The Labute approximate surface area is 181 Å². The van der Waals surface area contributed by atoms with Gasteiger partial charge in [-0.1, -0.05) is 12.1 Å². The van der Waals surface area contributed by atoms with Gasteiger partial charge in [-0.25, -0.2) is 9.37 Å². The molecule has 0 aliphatic heterocycles. The summed E-state index contributed by atoms with van der Waals surface area (Å²) in [5, 5.41) is 13.9. The number of halogens is 1. The Morgan fingerprint density at radius 3 is 2.42 bits per heavy atom. The van der Waals surface area contributed by atoms with Gasteiger partial charge in [-0.05, 0) is 48.0 Å². The van der Waals surface area contributed by atoms with Gasteiger partial charge in [0.2, 0.25) is 0 Å². The van der Waals surface area contributed by atoms with E-state index in [4.69, 9.17) is 9.47 Å². The molecule has 8 heteroatoms. The molecule has 0 aliphatic carbocycles. The van der Waals surface area contributed by atoms with Crippen LogP contribution in [0.15, 0.2) is 72.1 Å². The van der Waals surface area contributed by atoms with Gasteiger partial charge in [-0.15, -0.1) is 11.3 Å². The zero-order valence-electron chi connectivity index (χ0n) is 16.4. The van der Waals surface area contributed by atoms with Gasteiger partial charge in [-0.3, -0.25) is 10.1 Å². The van der Waals surface area contributed by atoms with Crippen molar-refractivity contribution in [2.24, 2.45) is 0 Å². The van der Waals surface area contributed by atoms with Gasteiger partial charge in [0.05, 0.1) is 17.7 Å². The van der Waals surface area contributed by atoms with Crippen molar-refractivity contribution >= 4 is 17.0 Å². The van der Waals surface area contributed by atoms with E-state index in [0.717, 1.165) is 16.1 Å². The lowest BCUT2D eigenvalue weighted by Gasteiger charge is -2.11. The summed E-state index contributed by atoms with van der Waals surface area (Å²) in [6.45, 7) is 0.193. The molecule has 0 N–H and O–H groups in total. The number of aromatic nitrogens is 1. The van der Waals surface area contributed by atoms with Gasteiger partial charge < -0.3 is 9.47 Å². The number of rotatable bonds is 7. The number of benzene rings is 3. The number of nitrogens with zero attached hydrogens (tertiary/aromatic N) is 2. The van der Waals surface area contributed by atoms with Crippen molar-refractivity contribution in [3.8, 4) is 33.2 Å². The first kappa shape index (κ1) is 20.5. The van der Waals surface area contributed by atoms with E-state index >= 15 is 0 Å². The number of ether oxygens (including phenoxy) is 2. The Bertz CT molecular complexity index is 1210. The lowest BCUT2D eigenvalue weighted by molar-refractivity contribution is -0.384. The summed E-state index contributed by atoms with van der Waals surface area (Å²) in [6, 6.07) is 17.8.